The molecule has 0 radical (unpaired) electrons. The standard InChI is InChI=1S/C5H9IO/c1-4-2-3-5(6)7-4/h4-5H,2-3H2,1H3. The third-order valence-electron chi connectivity index (χ3n) is 1.18. The van der Waals surface area contributed by atoms with Gasteiger partial charge in [0.1, 0.15) is 4.11 Å². The molecular formula is C5H9IO. The van der Waals surface area contributed by atoms with Gasteiger partial charge in [0.25, 0.3) is 0 Å². The zero-order valence-electron chi connectivity index (χ0n) is 4.36. The fourth-order valence-electron chi connectivity index (χ4n) is 0.754. The molecule has 1 nitrogen and oxygen atoms in total. The summed E-state index contributed by atoms with van der Waals surface area (Å²) in [5, 5.41) is 0. The van der Waals surface area contributed by atoms with Crippen LogP contribution in [-0.2, 0) is 4.74 Å². The van der Waals surface area contributed by atoms with Crippen molar-refractivity contribution in [3.05, 3.63) is 0 Å². The van der Waals surface area contributed by atoms with Crippen molar-refractivity contribution in [1.82, 2.24) is 0 Å². The summed E-state index contributed by atoms with van der Waals surface area (Å²) in [7, 11) is 0. The predicted molar refractivity (Wildman–Crippen MR) is 37.6 cm³/mol. The Hall–Kier alpha value is 0.690. The Morgan fingerprint density at radius 3 is 2.43 bits per heavy atom. The van der Waals surface area contributed by atoms with Crippen molar-refractivity contribution in [3.8, 4) is 0 Å². The zero-order chi connectivity index (χ0) is 5.28. The average molecular weight is 212 g/mol. The van der Waals surface area contributed by atoms with E-state index in [-0.39, 0.29) is 0 Å². The Bertz CT molecular complexity index is 57.1. The lowest BCUT2D eigenvalue weighted by molar-refractivity contribution is 0.114. The van der Waals surface area contributed by atoms with Gasteiger partial charge in [0, 0.05) is 0 Å². The second-order valence-corrected chi connectivity index (χ2v) is 3.32. The lowest BCUT2D eigenvalue weighted by atomic mass is 10.3. The Morgan fingerprint density at radius 1 is 1.57 bits per heavy atom. The first-order chi connectivity index (χ1) is 3.29. The van der Waals surface area contributed by atoms with Crippen molar-refractivity contribution >= 4 is 22.6 Å². The molecule has 0 amide bonds. The SMILES string of the molecule is CC1CCC(I)O1. The van der Waals surface area contributed by atoms with E-state index < -0.39 is 0 Å². The topological polar surface area (TPSA) is 9.23 Å². The largest absolute Gasteiger partial charge is 0.365 e. The van der Waals surface area contributed by atoms with Crippen molar-refractivity contribution < 1.29 is 4.74 Å². The summed E-state index contributed by atoms with van der Waals surface area (Å²) in [6.07, 6.45) is 3.00. The average Bonchev–Trinajstić information content (AvgIpc) is 1.87. The molecule has 2 unspecified atom stereocenters. The highest BCUT2D eigenvalue weighted by atomic mass is 127. The normalized spacial score (nSPS) is 42.0. The van der Waals surface area contributed by atoms with Crippen molar-refractivity contribution in [2.75, 3.05) is 0 Å². The van der Waals surface area contributed by atoms with Crippen LogP contribution < -0.4 is 0 Å². The highest BCUT2D eigenvalue weighted by Gasteiger charge is 2.17. The Morgan fingerprint density at radius 2 is 2.29 bits per heavy atom. The number of hydrogen-bond acceptors (Lipinski definition) is 1. The third kappa shape index (κ3) is 1.57. The summed E-state index contributed by atoms with van der Waals surface area (Å²) in [4.78, 5) is 0. The van der Waals surface area contributed by atoms with Crippen LogP contribution in [0.25, 0.3) is 0 Å². The van der Waals surface area contributed by atoms with Gasteiger partial charge >= 0.3 is 0 Å². The lowest BCUT2D eigenvalue weighted by Crippen LogP contribution is -1.98. The van der Waals surface area contributed by atoms with Crippen LogP contribution in [0.2, 0.25) is 0 Å². The van der Waals surface area contributed by atoms with Crippen LogP contribution in [-0.4, -0.2) is 10.2 Å². The molecular weight excluding hydrogens is 203 g/mol. The van der Waals surface area contributed by atoms with Gasteiger partial charge in [-0.15, -0.1) is 0 Å². The summed E-state index contributed by atoms with van der Waals surface area (Å²) < 4.78 is 5.84. The molecule has 0 bridgehead atoms. The van der Waals surface area contributed by atoms with Gasteiger partial charge in [-0.25, -0.2) is 0 Å². The molecule has 1 rings (SSSR count). The number of rotatable bonds is 0. The number of ether oxygens (including phenoxy) is 1. The van der Waals surface area contributed by atoms with Crippen molar-refractivity contribution in [2.45, 2.75) is 30.0 Å². The van der Waals surface area contributed by atoms with Crippen LogP contribution >= 0.6 is 22.6 Å². The summed E-state index contributed by atoms with van der Waals surface area (Å²) in [6.45, 7) is 2.12. The van der Waals surface area contributed by atoms with Gasteiger partial charge in [-0.1, -0.05) is 22.6 Å². The van der Waals surface area contributed by atoms with Crippen LogP contribution in [0, 0.1) is 0 Å². The first kappa shape index (κ1) is 5.82. The van der Waals surface area contributed by atoms with Crippen LogP contribution in [0.4, 0.5) is 0 Å². The highest BCUT2D eigenvalue weighted by molar-refractivity contribution is 14.1. The van der Waals surface area contributed by atoms with Crippen molar-refractivity contribution in [2.24, 2.45) is 0 Å². The second-order valence-electron chi connectivity index (χ2n) is 1.93. The molecule has 42 valence electrons. The molecule has 0 aromatic rings. The van der Waals surface area contributed by atoms with Gasteiger partial charge in [0.05, 0.1) is 6.10 Å². The molecule has 0 N–H and O–H groups in total. The molecule has 1 fully saturated rings. The van der Waals surface area contributed by atoms with Crippen LogP contribution in [0.1, 0.15) is 19.8 Å². The Balaban J connectivity index is 2.26. The van der Waals surface area contributed by atoms with Gasteiger partial charge in [0.2, 0.25) is 0 Å². The maximum Gasteiger partial charge on any atom is 0.109 e. The van der Waals surface area contributed by atoms with E-state index in [0.29, 0.717) is 10.2 Å². The minimum absolute atomic E-state index is 0.493. The van der Waals surface area contributed by atoms with Gasteiger partial charge < -0.3 is 4.74 Å². The zero-order valence-corrected chi connectivity index (χ0v) is 6.51. The minimum Gasteiger partial charge on any atom is -0.365 e. The quantitative estimate of drug-likeness (QED) is 0.440. The molecule has 0 saturated carbocycles. The smallest absolute Gasteiger partial charge is 0.109 e. The molecule has 0 aromatic carbocycles. The van der Waals surface area contributed by atoms with Crippen molar-refractivity contribution in [3.63, 3.8) is 0 Å². The first-order valence-corrected chi connectivity index (χ1v) is 3.83. The van der Waals surface area contributed by atoms with Gasteiger partial charge in [0.15, 0.2) is 0 Å². The van der Waals surface area contributed by atoms with E-state index in [1.165, 1.54) is 12.8 Å². The molecule has 1 aliphatic heterocycles. The molecule has 1 saturated heterocycles. The van der Waals surface area contributed by atoms with E-state index in [1.54, 1.807) is 0 Å². The van der Waals surface area contributed by atoms with Crippen LogP contribution in [0.5, 0.6) is 0 Å². The second kappa shape index (κ2) is 2.31. The summed E-state index contributed by atoms with van der Waals surface area (Å²) >= 11 is 2.32. The summed E-state index contributed by atoms with van der Waals surface area (Å²) in [6, 6.07) is 0. The van der Waals surface area contributed by atoms with E-state index in [1.807, 2.05) is 0 Å². The van der Waals surface area contributed by atoms with Gasteiger partial charge in [-0.3, -0.25) is 0 Å². The van der Waals surface area contributed by atoms with Crippen LogP contribution in [0.15, 0.2) is 0 Å². The molecule has 1 aliphatic rings. The fourth-order valence-corrected chi connectivity index (χ4v) is 1.61. The maximum atomic E-state index is 5.35. The monoisotopic (exact) mass is 212 g/mol. The van der Waals surface area contributed by atoms with E-state index in [9.17, 15) is 0 Å². The minimum atomic E-state index is 0.493. The molecule has 0 aromatic heterocycles. The van der Waals surface area contributed by atoms with E-state index in [2.05, 4.69) is 29.5 Å². The van der Waals surface area contributed by atoms with E-state index in [0.717, 1.165) is 0 Å². The van der Waals surface area contributed by atoms with Gasteiger partial charge in [-0.05, 0) is 19.8 Å². The Kier molecular flexibility index (Phi) is 1.92. The molecule has 0 aliphatic carbocycles. The maximum absolute atomic E-state index is 5.35. The summed E-state index contributed by atoms with van der Waals surface area (Å²) in [5.74, 6) is 0. The molecule has 7 heavy (non-hydrogen) atoms. The molecule has 2 heteroatoms. The number of alkyl halides is 1. The predicted octanol–water partition coefficient (Wildman–Crippen LogP) is 1.95. The van der Waals surface area contributed by atoms with E-state index >= 15 is 0 Å². The highest BCUT2D eigenvalue weighted by Crippen LogP contribution is 2.23. The molecule has 0 spiro atoms. The van der Waals surface area contributed by atoms with Crippen molar-refractivity contribution in [1.29, 1.82) is 0 Å². The molecule has 1 heterocycles. The van der Waals surface area contributed by atoms with Crippen LogP contribution in [0.3, 0.4) is 0 Å². The summed E-state index contributed by atoms with van der Waals surface area (Å²) in [5.41, 5.74) is 0. The third-order valence-corrected chi connectivity index (χ3v) is 2.10. The van der Waals surface area contributed by atoms with E-state index in [4.69, 9.17) is 4.74 Å². The number of halogens is 1. The first-order valence-electron chi connectivity index (χ1n) is 2.58. The number of hydrogen-bond donors (Lipinski definition) is 0. The van der Waals surface area contributed by atoms with Gasteiger partial charge in [-0.2, -0.15) is 0 Å². The lowest BCUT2D eigenvalue weighted by Gasteiger charge is -1.99. The fraction of sp³-hybridized carbons (Fsp3) is 1.00. The Labute approximate surface area is 57.6 Å². The molecule has 2 atom stereocenters.